The van der Waals surface area contributed by atoms with Crippen LogP contribution >= 0.6 is 0 Å². The van der Waals surface area contributed by atoms with Gasteiger partial charge in [-0.1, -0.05) is 18.2 Å². The molecule has 0 saturated carbocycles. The molecule has 0 radical (unpaired) electrons. The van der Waals surface area contributed by atoms with Gasteiger partial charge in [-0.25, -0.2) is 0 Å². The number of methoxy groups -OCH3 is 1. The molecule has 0 spiro atoms. The molecule has 7 nitrogen and oxygen atoms in total. The summed E-state index contributed by atoms with van der Waals surface area (Å²) in [5.41, 5.74) is 4.05. The molecule has 1 aliphatic rings. The van der Waals surface area contributed by atoms with Crippen LogP contribution in [0.5, 0.6) is 5.75 Å². The fraction of sp³-hybridized carbons (Fsp3) is 0.500. The largest absolute Gasteiger partial charge is 0.496 e. The number of aromatic nitrogens is 2. The summed E-state index contributed by atoms with van der Waals surface area (Å²) in [6, 6.07) is 7.68. The molecule has 1 unspecified atom stereocenters. The number of hydrogen-bond donors (Lipinski definition) is 0. The maximum atomic E-state index is 13.1. The number of carbonyl (C=O) groups is 2. The van der Waals surface area contributed by atoms with Gasteiger partial charge in [-0.05, 0) is 26.3 Å². The number of piperidine rings is 1. The van der Waals surface area contributed by atoms with Gasteiger partial charge < -0.3 is 14.5 Å². The third-order valence-electron chi connectivity index (χ3n) is 5.83. The van der Waals surface area contributed by atoms with Crippen molar-refractivity contribution in [2.45, 2.75) is 39.8 Å². The van der Waals surface area contributed by atoms with Gasteiger partial charge in [0.05, 0.1) is 18.7 Å². The van der Waals surface area contributed by atoms with Gasteiger partial charge >= 0.3 is 0 Å². The lowest BCUT2D eigenvalue weighted by Gasteiger charge is -2.34. The average molecular weight is 399 g/mol. The topological polar surface area (TPSA) is 67.7 Å². The highest BCUT2D eigenvalue weighted by Gasteiger charge is 2.32. The van der Waals surface area contributed by atoms with Gasteiger partial charge in [-0.3, -0.25) is 14.3 Å². The Hall–Kier alpha value is -2.83. The lowest BCUT2D eigenvalue weighted by molar-refractivity contribution is -0.143. The molecule has 1 aliphatic heterocycles. The third-order valence-corrected chi connectivity index (χ3v) is 5.83. The number of hydrogen-bond acceptors (Lipinski definition) is 4. The Bertz CT molecular complexity index is 905. The summed E-state index contributed by atoms with van der Waals surface area (Å²) in [5, 5.41) is 4.43. The molecule has 0 aliphatic carbocycles. The van der Waals surface area contributed by atoms with Crippen LogP contribution in [0.3, 0.4) is 0 Å². The number of rotatable bonds is 6. The molecule has 2 aromatic rings. The Morgan fingerprint density at radius 2 is 2.03 bits per heavy atom. The summed E-state index contributed by atoms with van der Waals surface area (Å²) in [4.78, 5) is 29.1. The number of benzene rings is 1. The predicted molar refractivity (Wildman–Crippen MR) is 110 cm³/mol. The van der Waals surface area contributed by atoms with Crippen molar-refractivity contribution in [1.29, 1.82) is 0 Å². The molecule has 0 bridgehead atoms. The molecule has 1 aromatic carbocycles. The fourth-order valence-electron chi connectivity index (χ4n) is 3.98. The van der Waals surface area contributed by atoms with Crippen LogP contribution in [0.4, 0.5) is 0 Å². The van der Waals surface area contributed by atoms with Crippen LogP contribution in [0, 0.1) is 19.8 Å². The Kier molecular flexibility index (Phi) is 6.25. The maximum absolute atomic E-state index is 13.1. The zero-order valence-corrected chi connectivity index (χ0v) is 17.9. The Morgan fingerprint density at radius 3 is 2.69 bits per heavy atom. The van der Waals surface area contributed by atoms with Gasteiger partial charge in [0.25, 0.3) is 0 Å². The molecule has 1 saturated heterocycles. The minimum Gasteiger partial charge on any atom is -0.496 e. The van der Waals surface area contributed by atoms with Gasteiger partial charge in [0.15, 0.2) is 0 Å². The van der Waals surface area contributed by atoms with E-state index < -0.39 is 0 Å². The maximum Gasteiger partial charge on any atom is 0.227 e. The minimum atomic E-state index is -0.190. The van der Waals surface area contributed by atoms with Crippen molar-refractivity contribution in [2.75, 3.05) is 20.7 Å². The molecule has 1 aromatic heterocycles. The molecule has 1 fully saturated rings. The number of amides is 2. The first-order valence-electron chi connectivity index (χ1n) is 9.95. The van der Waals surface area contributed by atoms with E-state index in [2.05, 4.69) is 5.10 Å². The van der Waals surface area contributed by atoms with Crippen LogP contribution in [-0.2, 0) is 29.7 Å². The van der Waals surface area contributed by atoms with Crippen molar-refractivity contribution in [3.8, 4) is 5.75 Å². The van der Waals surface area contributed by atoms with Crippen molar-refractivity contribution in [1.82, 2.24) is 19.6 Å². The first-order chi connectivity index (χ1) is 13.8. The average Bonchev–Trinajstić information content (AvgIpc) is 2.95. The molecule has 3 rings (SSSR count). The van der Waals surface area contributed by atoms with Crippen LogP contribution in [0.25, 0.3) is 0 Å². The van der Waals surface area contributed by atoms with Crippen molar-refractivity contribution >= 4 is 11.8 Å². The van der Waals surface area contributed by atoms with Gasteiger partial charge in [0.1, 0.15) is 5.75 Å². The summed E-state index contributed by atoms with van der Waals surface area (Å²) >= 11 is 0. The van der Waals surface area contributed by atoms with E-state index in [-0.39, 0.29) is 17.7 Å². The smallest absolute Gasteiger partial charge is 0.227 e. The normalized spacial score (nSPS) is 16.8. The van der Waals surface area contributed by atoms with E-state index in [9.17, 15) is 9.59 Å². The van der Waals surface area contributed by atoms with Crippen LogP contribution in [0.2, 0.25) is 0 Å². The number of para-hydroxylation sites is 1. The van der Waals surface area contributed by atoms with Gasteiger partial charge in [0, 0.05) is 57.0 Å². The standard InChI is InChI=1S/C22H30N4O3/c1-15-19(16(2)25(4)23-15)14-24(3)22(28)18-10-11-21(27)26(13-18)12-17-8-6-7-9-20(17)29-5/h6-9,18H,10-14H2,1-5H3. The van der Waals surface area contributed by atoms with Crippen molar-refractivity contribution < 1.29 is 14.3 Å². The summed E-state index contributed by atoms with van der Waals surface area (Å²) in [6.07, 6.45) is 0.986. The monoisotopic (exact) mass is 398 g/mol. The van der Waals surface area contributed by atoms with Crippen molar-refractivity contribution in [3.05, 3.63) is 46.8 Å². The van der Waals surface area contributed by atoms with Gasteiger partial charge in [-0.15, -0.1) is 0 Å². The van der Waals surface area contributed by atoms with E-state index in [1.165, 1.54) is 0 Å². The number of aryl methyl sites for hydroxylation is 2. The first kappa shape index (κ1) is 20.9. The van der Waals surface area contributed by atoms with Crippen molar-refractivity contribution in [2.24, 2.45) is 13.0 Å². The second-order valence-electron chi connectivity index (χ2n) is 7.79. The van der Waals surface area contributed by atoms with E-state index >= 15 is 0 Å². The first-order valence-corrected chi connectivity index (χ1v) is 9.95. The highest BCUT2D eigenvalue weighted by atomic mass is 16.5. The minimum absolute atomic E-state index is 0.0742. The Morgan fingerprint density at radius 1 is 1.31 bits per heavy atom. The molecule has 2 amide bonds. The van der Waals surface area contributed by atoms with Gasteiger partial charge in [0.2, 0.25) is 11.8 Å². The number of nitrogens with zero attached hydrogens (tertiary/aromatic N) is 4. The molecule has 0 N–H and O–H groups in total. The van der Waals surface area contributed by atoms with E-state index in [1.807, 2.05) is 56.9 Å². The fourth-order valence-corrected chi connectivity index (χ4v) is 3.98. The Labute approximate surface area is 172 Å². The molecular weight excluding hydrogens is 368 g/mol. The molecular formula is C22H30N4O3. The number of ether oxygens (including phenoxy) is 1. The van der Waals surface area contributed by atoms with E-state index in [1.54, 1.807) is 16.9 Å². The summed E-state index contributed by atoms with van der Waals surface area (Å²) < 4.78 is 7.25. The number of likely N-dealkylation sites (tertiary alicyclic amines) is 1. The SMILES string of the molecule is COc1ccccc1CN1CC(C(=O)N(C)Cc2c(C)nn(C)c2C)CCC1=O. The van der Waals surface area contributed by atoms with E-state index in [0.29, 0.717) is 32.5 Å². The molecule has 29 heavy (non-hydrogen) atoms. The summed E-state index contributed by atoms with van der Waals surface area (Å²) in [5.74, 6) is 0.727. The quantitative estimate of drug-likeness (QED) is 0.750. The zero-order valence-electron chi connectivity index (χ0n) is 17.9. The zero-order chi connectivity index (χ0) is 21.1. The van der Waals surface area contributed by atoms with Crippen LogP contribution in [-0.4, -0.2) is 52.1 Å². The van der Waals surface area contributed by atoms with Crippen LogP contribution in [0.15, 0.2) is 24.3 Å². The summed E-state index contributed by atoms with van der Waals surface area (Å²) in [7, 11) is 5.37. The third kappa shape index (κ3) is 4.44. The van der Waals surface area contributed by atoms with E-state index in [0.717, 1.165) is 28.3 Å². The Balaban J connectivity index is 1.68. The summed E-state index contributed by atoms with van der Waals surface area (Å²) in [6.45, 7) is 5.40. The van der Waals surface area contributed by atoms with E-state index in [4.69, 9.17) is 4.74 Å². The lowest BCUT2D eigenvalue weighted by atomic mass is 9.95. The molecule has 2 heterocycles. The lowest BCUT2D eigenvalue weighted by Crippen LogP contribution is -2.45. The highest BCUT2D eigenvalue weighted by Crippen LogP contribution is 2.25. The van der Waals surface area contributed by atoms with Crippen LogP contribution in [0.1, 0.15) is 35.4 Å². The molecule has 1 atom stereocenters. The second kappa shape index (κ2) is 8.68. The number of carbonyl (C=O) groups excluding carboxylic acids is 2. The predicted octanol–water partition coefficient (Wildman–Crippen LogP) is 2.44. The molecule has 7 heteroatoms. The highest BCUT2D eigenvalue weighted by molar-refractivity contribution is 5.83. The van der Waals surface area contributed by atoms with Gasteiger partial charge in [-0.2, -0.15) is 5.10 Å². The molecule has 156 valence electrons. The van der Waals surface area contributed by atoms with Crippen LogP contribution < -0.4 is 4.74 Å². The van der Waals surface area contributed by atoms with Crippen molar-refractivity contribution in [3.63, 3.8) is 0 Å². The second-order valence-corrected chi connectivity index (χ2v) is 7.79.